The predicted molar refractivity (Wildman–Crippen MR) is 125 cm³/mol. The van der Waals surface area contributed by atoms with Gasteiger partial charge in [-0.25, -0.2) is 9.97 Å². The summed E-state index contributed by atoms with van der Waals surface area (Å²) in [5, 5.41) is 10.4. The number of hydrogen-bond donors (Lipinski definition) is 2. The van der Waals surface area contributed by atoms with Crippen LogP contribution in [0.25, 0.3) is 16.7 Å². The van der Waals surface area contributed by atoms with Gasteiger partial charge in [-0.1, -0.05) is 29.4 Å². The first kappa shape index (κ1) is 23.5. The first-order valence-corrected chi connectivity index (χ1v) is 11.5. The zero-order valence-electron chi connectivity index (χ0n) is 19.7. The quantitative estimate of drug-likeness (QED) is 0.549. The van der Waals surface area contributed by atoms with Crippen LogP contribution in [0.1, 0.15) is 40.3 Å². The van der Waals surface area contributed by atoms with Crippen LogP contribution < -0.4 is 10.6 Å². The van der Waals surface area contributed by atoms with Crippen molar-refractivity contribution < 1.29 is 22.4 Å². The normalized spacial score (nSPS) is 20.0. The van der Waals surface area contributed by atoms with Crippen LogP contribution in [0.3, 0.4) is 0 Å². The highest BCUT2D eigenvalue weighted by atomic mass is 19.4. The first-order valence-electron chi connectivity index (χ1n) is 11.5. The fourth-order valence-electron chi connectivity index (χ4n) is 4.91. The zero-order valence-corrected chi connectivity index (χ0v) is 19.7. The van der Waals surface area contributed by atoms with Gasteiger partial charge in [-0.2, -0.15) is 13.2 Å². The van der Waals surface area contributed by atoms with Gasteiger partial charge in [0.05, 0.1) is 23.5 Å². The van der Waals surface area contributed by atoms with Crippen molar-refractivity contribution in [2.45, 2.75) is 45.0 Å². The van der Waals surface area contributed by atoms with Gasteiger partial charge >= 0.3 is 6.18 Å². The van der Waals surface area contributed by atoms with Crippen LogP contribution in [0.15, 0.2) is 35.0 Å². The number of anilines is 1. The van der Waals surface area contributed by atoms with Crippen molar-refractivity contribution in [2.24, 2.45) is 0 Å². The lowest BCUT2D eigenvalue weighted by molar-refractivity contribution is -0.138. The Kier molecular flexibility index (Phi) is 6.10. The Bertz CT molecular complexity index is 1270. The molecule has 0 bridgehead atoms. The monoisotopic (exact) mass is 485 g/mol. The molecule has 184 valence electrons. The fourth-order valence-corrected chi connectivity index (χ4v) is 4.91. The number of methoxy groups -OCH3 is 1. The van der Waals surface area contributed by atoms with E-state index in [9.17, 15) is 13.2 Å². The number of nitrogens with zero attached hydrogens (tertiary/aromatic N) is 3. The van der Waals surface area contributed by atoms with Crippen LogP contribution >= 0.6 is 0 Å². The second kappa shape index (κ2) is 9.09. The van der Waals surface area contributed by atoms with Crippen molar-refractivity contribution in [3.8, 4) is 11.1 Å². The van der Waals surface area contributed by atoms with Gasteiger partial charge in [0, 0.05) is 31.0 Å². The van der Waals surface area contributed by atoms with Gasteiger partial charge in [0.15, 0.2) is 0 Å². The topological polar surface area (TPSA) is 85.1 Å². The van der Waals surface area contributed by atoms with E-state index in [2.05, 4.69) is 25.8 Å². The molecule has 1 fully saturated rings. The van der Waals surface area contributed by atoms with Crippen LogP contribution in [0, 0.1) is 13.8 Å². The van der Waals surface area contributed by atoms with Gasteiger partial charge in [0.2, 0.25) is 5.95 Å². The first-order chi connectivity index (χ1) is 16.8. The number of alkyl halides is 3. The number of benzene rings is 1. The van der Waals surface area contributed by atoms with E-state index in [1.807, 2.05) is 32.0 Å². The largest absolute Gasteiger partial charge is 0.419 e. The maximum Gasteiger partial charge on any atom is 0.419 e. The Balaban J connectivity index is 1.51. The molecule has 1 saturated heterocycles. The van der Waals surface area contributed by atoms with Crippen molar-refractivity contribution in [1.82, 2.24) is 20.4 Å². The average molecular weight is 486 g/mol. The summed E-state index contributed by atoms with van der Waals surface area (Å²) in [7, 11) is 1.63. The molecule has 3 aromatic rings. The van der Waals surface area contributed by atoms with E-state index < -0.39 is 11.7 Å². The third-order valence-electron chi connectivity index (χ3n) is 6.63. The minimum atomic E-state index is -4.59. The number of ether oxygens (including phenoxy) is 1. The molecule has 2 aliphatic rings. The highest BCUT2D eigenvalue weighted by molar-refractivity contribution is 5.86. The number of aromatic nitrogens is 3. The Morgan fingerprint density at radius 2 is 2.06 bits per heavy atom. The number of allylic oxidation sites excluding steroid dienone is 1. The van der Waals surface area contributed by atoms with E-state index in [0.717, 1.165) is 47.1 Å². The summed E-state index contributed by atoms with van der Waals surface area (Å²) >= 11 is 0. The molecule has 2 aromatic heterocycles. The van der Waals surface area contributed by atoms with Gasteiger partial charge in [0.1, 0.15) is 11.3 Å². The van der Waals surface area contributed by atoms with Gasteiger partial charge in [-0.05, 0) is 49.9 Å². The van der Waals surface area contributed by atoms with Crippen LogP contribution in [-0.2, 0) is 17.3 Å². The van der Waals surface area contributed by atoms with Crippen molar-refractivity contribution >= 4 is 11.5 Å². The maximum atomic E-state index is 13.9. The van der Waals surface area contributed by atoms with Crippen LogP contribution in [0.4, 0.5) is 19.1 Å². The molecule has 3 heterocycles. The molecule has 10 heteroatoms. The number of fused-ring (bicyclic) bond motifs is 1. The number of hydrogen-bond acceptors (Lipinski definition) is 7. The fraction of sp³-hybridized carbons (Fsp3) is 0.400. The summed E-state index contributed by atoms with van der Waals surface area (Å²) in [5.41, 5.74) is 3.71. The number of nitrogens with one attached hydrogen (secondary N) is 2. The van der Waals surface area contributed by atoms with E-state index in [1.54, 1.807) is 13.2 Å². The highest BCUT2D eigenvalue weighted by Crippen LogP contribution is 2.41. The molecule has 0 spiro atoms. The second-order valence-electron chi connectivity index (χ2n) is 8.86. The highest BCUT2D eigenvalue weighted by Gasteiger charge is 2.37. The molecule has 2 N–H and O–H groups in total. The smallest absolute Gasteiger partial charge is 0.379 e. The van der Waals surface area contributed by atoms with Crippen LogP contribution in [-0.4, -0.2) is 47.5 Å². The Labute approximate surface area is 200 Å². The minimum absolute atomic E-state index is 0.0836. The molecule has 0 saturated carbocycles. The molecular formula is C25H26F3N5O2. The van der Waals surface area contributed by atoms with Gasteiger partial charge in [0.25, 0.3) is 0 Å². The lowest BCUT2D eigenvalue weighted by Crippen LogP contribution is -2.49. The molecule has 0 amide bonds. The molecule has 0 radical (unpaired) electrons. The van der Waals surface area contributed by atoms with E-state index >= 15 is 0 Å². The third-order valence-corrected chi connectivity index (χ3v) is 6.63. The second-order valence-corrected chi connectivity index (χ2v) is 8.86. The number of halogens is 3. The Morgan fingerprint density at radius 1 is 1.23 bits per heavy atom. The maximum absolute atomic E-state index is 13.9. The molecule has 7 nitrogen and oxygen atoms in total. The number of aryl methyl sites for hydroxylation is 2. The molecule has 35 heavy (non-hydrogen) atoms. The lowest BCUT2D eigenvalue weighted by Gasteiger charge is -2.31. The number of rotatable bonds is 5. The minimum Gasteiger partial charge on any atom is -0.379 e. The average Bonchev–Trinajstić information content (AvgIpc) is 3.40. The summed E-state index contributed by atoms with van der Waals surface area (Å²) in [6.45, 7) is 5.13. The molecule has 5 rings (SSSR count). The van der Waals surface area contributed by atoms with Crippen molar-refractivity contribution in [3.63, 3.8) is 0 Å². The molecule has 1 aliphatic heterocycles. The summed E-state index contributed by atoms with van der Waals surface area (Å²) in [4.78, 5) is 8.36. The zero-order chi connectivity index (χ0) is 24.7. The van der Waals surface area contributed by atoms with Crippen molar-refractivity contribution in [3.05, 3.63) is 64.3 Å². The Hall–Kier alpha value is -3.24. The number of piperidine rings is 1. The molecule has 0 unspecified atom stereocenters. The third kappa shape index (κ3) is 4.43. The standard InChI is InChI=1S/C25H26F3N5O2/c1-13-22(14(2)35-33-13)16-5-6-17-15(10-16)4-7-18(17)23-19(25(26,27)28)11-30-24(32-23)31-20-12-29-9-8-21(20)34-3/h5-7,10-11,20-21,29H,4,8-9,12H2,1-3H3,(H,30,31,32)/t20-,21-/m1/s1. The van der Waals surface area contributed by atoms with Crippen molar-refractivity contribution in [1.29, 1.82) is 0 Å². The van der Waals surface area contributed by atoms with Crippen molar-refractivity contribution in [2.75, 3.05) is 25.5 Å². The molecule has 1 aliphatic carbocycles. The molecule has 1 aromatic carbocycles. The molecule has 2 atom stereocenters. The molecular weight excluding hydrogens is 459 g/mol. The van der Waals surface area contributed by atoms with E-state index in [1.165, 1.54) is 0 Å². The van der Waals surface area contributed by atoms with Gasteiger partial charge in [-0.3, -0.25) is 0 Å². The van der Waals surface area contributed by atoms with Crippen LogP contribution in [0.5, 0.6) is 0 Å². The summed E-state index contributed by atoms with van der Waals surface area (Å²) < 4.78 is 52.7. The van der Waals surface area contributed by atoms with Gasteiger partial charge in [-0.15, -0.1) is 0 Å². The SMILES string of the molecule is CO[C@@H]1CCNC[C@H]1Nc1ncc(C(F)(F)F)c(C2=CCc3cc(-c4c(C)noc4C)ccc32)n1. The van der Waals surface area contributed by atoms with E-state index in [0.29, 0.717) is 24.3 Å². The lowest BCUT2D eigenvalue weighted by atomic mass is 9.95. The summed E-state index contributed by atoms with van der Waals surface area (Å²) in [6, 6.07) is 5.56. The van der Waals surface area contributed by atoms with Crippen LogP contribution in [0.2, 0.25) is 0 Å². The summed E-state index contributed by atoms with van der Waals surface area (Å²) in [6.07, 6.45) is -0.726. The van der Waals surface area contributed by atoms with Gasteiger partial charge < -0.3 is 19.9 Å². The van der Waals surface area contributed by atoms with E-state index in [4.69, 9.17) is 9.26 Å². The Morgan fingerprint density at radius 3 is 2.77 bits per heavy atom. The van der Waals surface area contributed by atoms with E-state index in [-0.39, 0.29) is 23.8 Å². The summed E-state index contributed by atoms with van der Waals surface area (Å²) in [5.74, 6) is 0.844. The predicted octanol–water partition coefficient (Wildman–Crippen LogP) is 4.54.